The molecule has 0 radical (unpaired) electrons. The zero-order valence-electron chi connectivity index (χ0n) is 14.2. The van der Waals surface area contributed by atoms with Gasteiger partial charge in [-0.2, -0.15) is 0 Å². The van der Waals surface area contributed by atoms with Gasteiger partial charge in [0.25, 0.3) is 11.6 Å². The van der Waals surface area contributed by atoms with E-state index in [0.29, 0.717) is 12.5 Å². The first-order chi connectivity index (χ1) is 12.0. The topological polar surface area (TPSA) is 75.5 Å². The van der Waals surface area contributed by atoms with Gasteiger partial charge in [0.05, 0.1) is 15.5 Å². The Balaban J connectivity index is 1.47. The smallest absolute Gasteiger partial charge is 0.270 e. The number of benzene rings is 1. The third kappa shape index (κ3) is 4.50. The van der Waals surface area contributed by atoms with Gasteiger partial charge in [0.15, 0.2) is 0 Å². The van der Waals surface area contributed by atoms with Gasteiger partial charge in [-0.25, -0.2) is 0 Å². The minimum atomic E-state index is -0.522. The third-order valence-electron chi connectivity index (χ3n) is 5.45. The molecule has 1 aliphatic carbocycles. The molecule has 6 nitrogen and oxygen atoms in total. The first-order valence-corrected chi connectivity index (χ1v) is 9.38. The van der Waals surface area contributed by atoms with Crippen molar-refractivity contribution in [3.63, 3.8) is 0 Å². The number of non-ortho nitro benzene ring substituents is 1. The van der Waals surface area contributed by atoms with E-state index in [4.69, 9.17) is 11.6 Å². The number of nitro benzene ring substituents is 1. The molecule has 2 aliphatic rings. The van der Waals surface area contributed by atoms with Crippen LogP contribution in [-0.2, 0) is 0 Å². The van der Waals surface area contributed by atoms with Crippen LogP contribution in [0.4, 0.5) is 5.69 Å². The third-order valence-corrected chi connectivity index (χ3v) is 5.76. The number of likely N-dealkylation sites (tertiary alicyclic amines) is 1. The number of nitrogens with zero attached hydrogens (tertiary/aromatic N) is 2. The second-order valence-corrected chi connectivity index (χ2v) is 7.46. The van der Waals surface area contributed by atoms with Gasteiger partial charge in [-0.15, -0.1) is 0 Å². The molecule has 136 valence electrons. The van der Waals surface area contributed by atoms with Gasteiger partial charge in [-0.3, -0.25) is 14.9 Å². The van der Waals surface area contributed by atoms with E-state index in [9.17, 15) is 14.9 Å². The van der Waals surface area contributed by atoms with Gasteiger partial charge < -0.3 is 10.2 Å². The highest BCUT2D eigenvalue weighted by molar-refractivity contribution is 6.34. The second-order valence-electron chi connectivity index (χ2n) is 7.05. The lowest BCUT2D eigenvalue weighted by atomic mass is 9.95. The van der Waals surface area contributed by atoms with Gasteiger partial charge >= 0.3 is 0 Å². The summed E-state index contributed by atoms with van der Waals surface area (Å²) in [5.41, 5.74) is 0.177. The molecule has 1 saturated carbocycles. The van der Waals surface area contributed by atoms with Crippen molar-refractivity contribution in [2.45, 2.75) is 44.6 Å². The number of halogens is 1. The van der Waals surface area contributed by atoms with E-state index in [1.54, 1.807) is 0 Å². The monoisotopic (exact) mass is 365 g/mol. The summed E-state index contributed by atoms with van der Waals surface area (Å²) in [6, 6.07) is 4.71. The lowest BCUT2D eigenvalue weighted by Crippen LogP contribution is -2.42. The van der Waals surface area contributed by atoms with Crippen molar-refractivity contribution < 1.29 is 9.72 Å². The van der Waals surface area contributed by atoms with E-state index in [-0.39, 0.29) is 22.2 Å². The molecule has 1 N–H and O–H groups in total. The summed E-state index contributed by atoms with van der Waals surface area (Å²) in [5, 5.41) is 13.8. The van der Waals surface area contributed by atoms with Crippen molar-refractivity contribution >= 4 is 23.2 Å². The molecule has 7 heteroatoms. The molecule has 1 heterocycles. The largest absolute Gasteiger partial charge is 0.352 e. The van der Waals surface area contributed by atoms with Crippen molar-refractivity contribution in [3.05, 3.63) is 38.9 Å². The van der Waals surface area contributed by atoms with Gasteiger partial charge in [0.2, 0.25) is 0 Å². The number of hydrogen-bond acceptors (Lipinski definition) is 4. The van der Waals surface area contributed by atoms with Crippen LogP contribution in [0.1, 0.15) is 48.9 Å². The summed E-state index contributed by atoms with van der Waals surface area (Å²) in [7, 11) is 0. The normalized spacial score (nSPS) is 19.9. The van der Waals surface area contributed by atoms with E-state index in [0.717, 1.165) is 32.0 Å². The molecule has 0 unspecified atom stereocenters. The van der Waals surface area contributed by atoms with Crippen LogP contribution in [0.15, 0.2) is 18.2 Å². The molecule has 25 heavy (non-hydrogen) atoms. The van der Waals surface area contributed by atoms with Gasteiger partial charge in [-0.05, 0) is 50.8 Å². The van der Waals surface area contributed by atoms with E-state index in [1.165, 1.54) is 43.9 Å². The van der Waals surface area contributed by atoms with Crippen LogP contribution in [0.2, 0.25) is 5.02 Å². The van der Waals surface area contributed by atoms with Crippen molar-refractivity contribution in [2.75, 3.05) is 19.6 Å². The maximum absolute atomic E-state index is 12.3. The molecule has 1 saturated heterocycles. The SMILES string of the molecule is O=C(NCC1CCN(C2CCCC2)CC1)c1ccc([N+](=O)[O-])cc1Cl. The van der Waals surface area contributed by atoms with Crippen LogP contribution in [0, 0.1) is 16.0 Å². The minimum absolute atomic E-state index is 0.110. The van der Waals surface area contributed by atoms with Crippen molar-refractivity contribution in [2.24, 2.45) is 5.92 Å². The van der Waals surface area contributed by atoms with Gasteiger partial charge in [-0.1, -0.05) is 24.4 Å². The standard InChI is InChI=1S/C18H24ClN3O3/c19-17-11-15(22(24)25)5-6-16(17)18(23)20-12-13-7-9-21(10-8-13)14-3-1-2-4-14/h5-6,11,13-14H,1-4,7-10,12H2,(H,20,23). The quantitative estimate of drug-likeness (QED) is 0.638. The van der Waals surface area contributed by atoms with E-state index in [2.05, 4.69) is 10.2 Å². The number of nitro groups is 1. The minimum Gasteiger partial charge on any atom is -0.352 e. The number of carbonyl (C=O) groups is 1. The number of amides is 1. The van der Waals surface area contributed by atoms with Crippen LogP contribution in [0.5, 0.6) is 0 Å². The first-order valence-electron chi connectivity index (χ1n) is 9.01. The van der Waals surface area contributed by atoms with Gasteiger partial charge in [0.1, 0.15) is 0 Å². The molecule has 0 aromatic heterocycles. The predicted molar refractivity (Wildman–Crippen MR) is 97.0 cm³/mol. The summed E-state index contributed by atoms with van der Waals surface area (Å²) < 4.78 is 0. The Hall–Kier alpha value is -1.66. The average molecular weight is 366 g/mol. The summed E-state index contributed by atoms with van der Waals surface area (Å²) in [6.45, 7) is 2.86. The summed E-state index contributed by atoms with van der Waals surface area (Å²) >= 11 is 6.01. The molecular formula is C18H24ClN3O3. The van der Waals surface area contributed by atoms with Gasteiger partial charge in [0, 0.05) is 24.7 Å². The first kappa shape index (κ1) is 18.1. The maximum atomic E-state index is 12.3. The molecule has 2 fully saturated rings. The summed E-state index contributed by atoms with van der Waals surface area (Å²) in [4.78, 5) is 25.1. The highest BCUT2D eigenvalue weighted by atomic mass is 35.5. The van der Waals surface area contributed by atoms with Crippen LogP contribution in [-0.4, -0.2) is 41.4 Å². The zero-order chi connectivity index (χ0) is 17.8. The highest BCUT2D eigenvalue weighted by Crippen LogP contribution is 2.28. The molecule has 0 spiro atoms. The Morgan fingerprint density at radius 3 is 2.52 bits per heavy atom. The predicted octanol–water partition coefficient (Wildman–Crippen LogP) is 3.63. The molecule has 1 aromatic rings. The highest BCUT2D eigenvalue weighted by Gasteiger charge is 2.27. The lowest BCUT2D eigenvalue weighted by molar-refractivity contribution is -0.384. The molecule has 1 aliphatic heterocycles. The van der Waals surface area contributed by atoms with Crippen molar-refractivity contribution in [1.29, 1.82) is 0 Å². The fraction of sp³-hybridized carbons (Fsp3) is 0.611. The fourth-order valence-corrected chi connectivity index (χ4v) is 4.19. The Morgan fingerprint density at radius 1 is 1.24 bits per heavy atom. The number of hydrogen-bond donors (Lipinski definition) is 1. The Labute approximate surface area is 152 Å². The maximum Gasteiger partial charge on any atom is 0.270 e. The van der Waals surface area contributed by atoms with E-state index in [1.807, 2.05) is 0 Å². The number of nitrogens with one attached hydrogen (secondary N) is 1. The zero-order valence-corrected chi connectivity index (χ0v) is 15.0. The Morgan fingerprint density at radius 2 is 1.92 bits per heavy atom. The van der Waals surface area contributed by atoms with E-state index >= 15 is 0 Å². The lowest BCUT2D eigenvalue weighted by Gasteiger charge is -2.36. The number of piperidine rings is 1. The van der Waals surface area contributed by atoms with Crippen molar-refractivity contribution in [1.82, 2.24) is 10.2 Å². The molecule has 3 rings (SSSR count). The second kappa shape index (κ2) is 8.15. The summed E-state index contributed by atoms with van der Waals surface area (Å²) in [5.74, 6) is 0.219. The number of rotatable bonds is 5. The Bertz CT molecular complexity index is 638. The molecule has 1 aromatic carbocycles. The van der Waals surface area contributed by atoms with Crippen LogP contribution in [0.3, 0.4) is 0 Å². The fourth-order valence-electron chi connectivity index (χ4n) is 3.93. The van der Waals surface area contributed by atoms with Crippen LogP contribution >= 0.6 is 11.6 Å². The molecule has 0 bridgehead atoms. The van der Waals surface area contributed by atoms with E-state index < -0.39 is 4.92 Å². The number of carbonyl (C=O) groups excluding carboxylic acids is 1. The van der Waals surface area contributed by atoms with Crippen molar-refractivity contribution in [3.8, 4) is 0 Å². The van der Waals surface area contributed by atoms with Crippen LogP contribution < -0.4 is 5.32 Å². The molecular weight excluding hydrogens is 342 g/mol. The van der Waals surface area contributed by atoms with Crippen LogP contribution in [0.25, 0.3) is 0 Å². The molecule has 0 atom stereocenters. The Kier molecular flexibility index (Phi) is 5.91. The molecule has 1 amide bonds. The average Bonchev–Trinajstić information content (AvgIpc) is 3.14. The summed E-state index contributed by atoms with van der Waals surface area (Å²) in [6.07, 6.45) is 7.59.